The van der Waals surface area contributed by atoms with Crippen LogP contribution in [0.25, 0.3) is 0 Å². The maximum absolute atomic E-state index is 11.6. The predicted molar refractivity (Wildman–Crippen MR) is 59.5 cm³/mol. The minimum atomic E-state index is -3.12. The van der Waals surface area contributed by atoms with Gasteiger partial charge in [-0.3, -0.25) is 9.36 Å². The van der Waals surface area contributed by atoms with Crippen molar-refractivity contribution >= 4 is 9.84 Å². The number of nitrogens with zero attached hydrogens (tertiary/aromatic N) is 2. The maximum atomic E-state index is 11.6. The highest BCUT2D eigenvalue weighted by Crippen LogP contribution is 2.04. The van der Waals surface area contributed by atoms with Crippen molar-refractivity contribution in [1.29, 1.82) is 0 Å². The largest absolute Gasteiger partial charge is 0.468 e. The van der Waals surface area contributed by atoms with Gasteiger partial charge < -0.3 is 4.74 Å². The predicted octanol–water partition coefficient (Wildman–Crippen LogP) is -0.395. The summed E-state index contributed by atoms with van der Waals surface area (Å²) in [5.74, 6) is -0.117. The van der Waals surface area contributed by atoms with Gasteiger partial charge >= 0.3 is 0 Å². The number of hydrogen-bond donors (Lipinski definition) is 0. The molecule has 0 radical (unpaired) electrons. The lowest BCUT2D eigenvalue weighted by Crippen LogP contribution is -2.25. The monoisotopic (exact) mass is 246 g/mol. The van der Waals surface area contributed by atoms with Crippen molar-refractivity contribution in [2.45, 2.75) is 13.5 Å². The molecule has 0 unspecified atom stereocenters. The van der Waals surface area contributed by atoms with Crippen LogP contribution in [0.2, 0.25) is 0 Å². The molecule has 1 aromatic rings. The lowest BCUT2D eigenvalue weighted by molar-refractivity contribution is 0.347. The van der Waals surface area contributed by atoms with Crippen LogP contribution in [0.1, 0.15) is 5.69 Å². The van der Waals surface area contributed by atoms with Crippen molar-refractivity contribution in [3.63, 3.8) is 0 Å². The molecule has 0 aliphatic heterocycles. The number of rotatable bonds is 4. The molecular formula is C9H14N2O4S. The van der Waals surface area contributed by atoms with Crippen molar-refractivity contribution in [1.82, 2.24) is 9.55 Å². The van der Waals surface area contributed by atoms with E-state index in [4.69, 9.17) is 4.74 Å². The topological polar surface area (TPSA) is 78.3 Å². The van der Waals surface area contributed by atoms with Gasteiger partial charge in [0.05, 0.1) is 12.9 Å². The van der Waals surface area contributed by atoms with E-state index in [1.165, 1.54) is 17.7 Å². The Morgan fingerprint density at radius 1 is 1.50 bits per heavy atom. The molecule has 0 atom stereocenters. The average molecular weight is 246 g/mol. The van der Waals surface area contributed by atoms with Crippen LogP contribution < -0.4 is 10.3 Å². The van der Waals surface area contributed by atoms with Crippen LogP contribution in [-0.4, -0.2) is 37.1 Å². The molecule has 0 aliphatic carbocycles. The lowest BCUT2D eigenvalue weighted by atomic mass is 10.4. The molecule has 0 aliphatic rings. The van der Waals surface area contributed by atoms with Gasteiger partial charge in [-0.2, -0.15) is 0 Å². The molecule has 0 fully saturated rings. The van der Waals surface area contributed by atoms with Gasteiger partial charge in [-0.25, -0.2) is 13.4 Å². The van der Waals surface area contributed by atoms with Crippen LogP contribution in [0.15, 0.2) is 10.9 Å². The number of sulfone groups is 1. The number of ether oxygens (including phenoxy) is 1. The second kappa shape index (κ2) is 4.65. The van der Waals surface area contributed by atoms with Gasteiger partial charge in [-0.05, 0) is 6.92 Å². The zero-order valence-corrected chi connectivity index (χ0v) is 10.2. The summed E-state index contributed by atoms with van der Waals surface area (Å²) in [5.41, 5.74) is 0.227. The Morgan fingerprint density at radius 2 is 2.12 bits per heavy atom. The number of methoxy groups -OCH3 is 1. The lowest BCUT2D eigenvalue weighted by Gasteiger charge is -2.09. The Labute approximate surface area is 93.8 Å². The molecule has 0 saturated heterocycles. The molecule has 7 heteroatoms. The fraction of sp³-hybridized carbons (Fsp3) is 0.556. The van der Waals surface area contributed by atoms with E-state index in [9.17, 15) is 13.2 Å². The summed E-state index contributed by atoms with van der Waals surface area (Å²) in [6.07, 6.45) is 1.12. The summed E-state index contributed by atoms with van der Waals surface area (Å²) in [5, 5.41) is 0. The van der Waals surface area contributed by atoms with Gasteiger partial charge in [0.1, 0.15) is 9.84 Å². The molecule has 1 rings (SSSR count). The fourth-order valence-corrected chi connectivity index (χ4v) is 1.73. The summed E-state index contributed by atoms with van der Waals surface area (Å²) in [6.45, 7) is 1.72. The van der Waals surface area contributed by atoms with E-state index < -0.39 is 9.84 Å². The zero-order valence-electron chi connectivity index (χ0n) is 9.43. The Balaban J connectivity index is 3.08. The molecule has 6 nitrogen and oxygen atoms in total. The first kappa shape index (κ1) is 12.7. The third-order valence-electron chi connectivity index (χ3n) is 1.97. The quantitative estimate of drug-likeness (QED) is 0.722. The van der Waals surface area contributed by atoms with Crippen molar-refractivity contribution < 1.29 is 13.2 Å². The van der Waals surface area contributed by atoms with Gasteiger partial charge in [-0.15, -0.1) is 0 Å². The van der Waals surface area contributed by atoms with Crippen molar-refractivity contribution in [3.05, 3.63) is 22.1 Å². The number of hydrogen-bond acceptors (Lipinski definition) is 5. The SMILES string of the molecule is COc1nc(C)cc(=O)n1CCS(C)(=O)=O. The van der Waals surface area contributed by atoms with E-state index in [2.05, 4.69) is 4.98 Å². The number of aryl methyl sites for hydroxylation is 1. The summed E-state index contributed by atoms with van der Waals surface area (Å²) in [4.78, 5) is 15.6. The van der Waals surface area contributed by atoms with E-state index in [0.717, 1.165) is 6.26 Å². The highest BCUT2D eigenvalue weighted by Gasteiger charge is 2.10. The van der Waals surface area contributed by atoms with Crippen LogP contribution >= 0.6 is 0 Å². The highest BCUT2D eigenvalue weighted by molar-refractivity contribution is 7.90. The van der Waals surface area contributed by atoms with Crippen molar-refractivity contribution in [3.8, 4) is 6.01 Å². The van der Waals surface area contributed by atoms with Crippen molar-refractivity contribution in [2.24, 2.45) is 0 Å². The standard InChI is InChI=1S/C9H14N2O4S/c1-7-6-8(12)11(9(10-7)15-2)4-5-16(3,13)14/h6H,4-5H2,1-3H3. The van der Waals surface area contributed by atoms with E-state index in [1.54, 1.807) is 6.92 Å². The molecule has 0 saturated carbocycles. The first-order valence-electron chi connectivity index (χ1n) is 4.63. The van der Waals surface area contributed by atoms with E-state index >= 15 is 0 Å². The van der Waals surface area contributed by atoms with E-state index in [-0.39, 0.29) is 23.9 Å². The maximum Gasteiger partial charge on any atom is 0.299 e. The molecule has 0 spiro atoms. The van der Waals surface area contributed by atoms with Gasteiger partial charge in [0, 0.05) is 24.6 Å². The minimum Gasteiger partial charge on any atom is -0.468 e. The van der Waals surface area contributed by atoms with Crippen molar-refractivity contribution in [2.75, 3.05) is 19.1 Å². The fourth-order valence-electron chi connectivity index (χ4n) is 1.21. The summed E-state index contributed by atoms with van der Waals surface area (Å²) < 4.78 is 28.1. The molecule has 0 aromatic carbocycles. The average Bonchev–Trinajstić information content (AvgIpc) is 2.13. The second-order valence-corrected chi connectivity index (χ2v) is 5.76. The molecule has 16 heavy (non-hydrogen) atoms. The second-order valence-electron chi connectivity index (χ2n) is 3.50. The van der Waals surface area contributed by atoms with Crippen LogP contribution in [0.3, 0.4) is 0 Å². The van der Waals surface area contributed by atoms with Crippen LogP contribution in [-0.2, 0) is 16.4 Å². The van der Waals surface area contributed by atoms with Gasteiger partial charge in [0.25, 0.3) is 11.6 Å². The van der Waals surface area contributed by atoms with E-state index in [0.29, 0.717) is 5.69 Å². The summed E-state index contributed by atoms with van der Waals surface area (Å²) in [6, 6.07) is 1.47. The molecule has 0 bridgehead atoms. The smallest absolute Gasteiger partial charge is 0.299 e. The molecule has 1 heterocycles. The minimum absolute atomic E-state index is 0.0497. The third-order valence-corrected chi connectivity index (χ3v) is 2.89. The van der Waals surface area contributed by atoms with Gasteiger partial charge in [-0.1, -0.05) is 0 Å². The van der Waals surface area contributed by atoms with Crippen LogP contribution in [0.5, 0.6) is 6.01 Å². The van der Waals surface area contributed by atoms with Gasteiger partial charge in [0.2, 0.25) is 0 Å². The Hall–Kier alpha value is -1.37. The summed E-state index contributed by atoms with van der Waals surface area (Å²) in [7, 11) is -1.73. The number of aromatic nitrogens is 2. The Morgan fingerprint density at radius 3 is 2.62 bits per heavy atom. The summed E-state index contributed by atoms with van der Waals surface area (Å²) >= 11 is 0. The molecule has 0 amide bonds. The molecule has 1 aromatic heterocycles. The third kappa shape index (κ3) is 3.34. The first-order chi connectivity index (χ1) is 7.33. The normalized spacial score (nSPS) is 11.4. The Bertz CT molecular complexity index is 533. The van der Waals surface area contributed by atoms with Crippen LogP contribution in [0.4, 0.5) is 0 Å². The first-order valence-corrected chi connectivity index (χ1v) is 6.70. The molecule has 90 valence electrons. The van der Waals surface area contributed by atoms with Gasteiger partial charge in [0.15, 0.2) is 0 Å². The zero-order chi connectivity index (χ0) is 12.3. The van der Waals surface area contributed by atoms with E-state index in [1.807, 2.05) is 0 Å². The van der Waals surface area contributed by atoms with Crippen LogP contribution in [0, 0.1) is 6.92 Å². The highest BCUT2D eigenvalue weighted by atomic mass is 32.2. The Kier molecular flexibility index (Phi) is 3.69. The molecular weight excluding hydrogens is 232 g/mol. The molecule has 0 N–H and O–H groups in total.